The van der Waals surface area contributed by atoms with Gasteiger partial charge in [0.15, 0.2) is 0 Å². The zero-order valence-corrected chi connectivity index (χ0v) is 11.8. The Morgan fingerprint density at radius 2 is 2.22 bits per heavy atom. The Hall–Kier alpha value is -0.640. The summed E-state index contributed by atoms with van der Waals surface area (Å²) in [5.74, 6) is -0.229. The van der Waals surface area contributed by atoms with Crippen LogP contribution in [0.1, 0.15) is 25.3 Å². The molecule has 1 N–H and O–H groups in total. The Morgan fingerprint density at radius 1 is 1.44 bits per heavy atom. The summed E-state index contributed by atoms with van der Waals surface area (Å²) in [6.07, 6.45) is 2.62. The highest BCUT2D eigenvalue weighted by Gasteiger charge is 2.10. The molecule has 2 nitrogen and oxygen atoms in total. The second-order valence-electron chi connectivity index (χ2n) is 4.26. The summed E-state index contributed by atoms with van der Waals surface area (Å²) >= 11 is 5.73. The SMILES string of the molecule is CCOCCCC(Cc1ccc(Cl)cc1F)NC. The molecule has 0 saturated heterocycles. The lowest BCUT2D eigenvalue weighted by atomic mass is 10.0. The number of rotatable bonds is 8. The third-order valence-corrected chi connectivity index (χ3v) is 3.17. The quantitative estimate of drug-likeness (QED) is 0.733. The van der Waals surface area contributed by atoms with E-state index in [1.807, 2.05) is 14.0 Å². The summed E-state index contributed by atoms with van der Waals surface area (Å²) in [6.45, 7) is 3.49. The monoisotopic (exact) mass is 273 g/mol. The summed E-state index contributed by atoms with van der Waals surface area (Å²) in [5, 5.41) is 3.65. The number of likely N-dealkylation sites (N-methyl/N-ethyl adjacent to an activating group) is 1. The minimum Gasteiger partial charge on any atom is -0.382 e. The van der Waals surface area contributed by atoms with E-state index in [0.29, 0.717) is 17.0 Å². The number of hydrogen-bond acceptors (Lipinski definition) is 2. The van der Waals surface area contributed by atoms with Crippen LogP contribution in [-0.4, -0.2) is 26.3 Å². The lowest BCUT2D eigenvalue weighted by Crippen LogP contribution is -2.28. The Balaban J connectivity index is 2.46. The van der Waals surface area contributed by atoms with Gasteiger partial charge in [-0.1, -0.05) is 17.7 Å². The Labute approximate surface area is 113 Å². The van der Waals surface area contributed by atoms with Crippen LogP contribution in [0.5, 0.6) is 0 Å². The first-order chi connectivity index (χ1) is 8.67. The predicted octanol–water partition coefficient (Wildman–Crippen LogP) is 3.43. The fourth-order valence-corrected chi connectivity index (χ4v) is 2.04. The number of benzene rings is 1. The maximum Gasteiger partial charge on any atom is 0.127 e. The van der Waals surface area contributed by atoms with Gasteiger partial charge >= 0.3 is 0 Å². The first kappa shape index (κ1) is 15.4. The van der Waals surface area contributed by atoms with Gasteiger partial charge in [-0.25, -0.2) is 4.39 Å². The maximum atomic E-state index is 13.7. The van der Waals surface area contributed by atoms with E-state index in [1.54, 1.807) is 12.1 Å². The molecule has 1 atom stereocenters. The minimum absolute atomic E-state index is 0.229. The molecule has 1 aromatic rings. The number of halogens is 2. The molecule has 0 aliphatic rings. The maximum absolute atomic E-state index is 13.7. The molecule has 1 unspecified atom stereocenters. The largest absolute Gasteiger partial charge is 0.382 e. The molecule has 18 heavy (non-hydrogen) atoms. The highest BCUT2D eigenvalue weighted by atomic mass is 35.5. The summed E-state index contributed by atoms with van der Waals surface area (Å²) in [7, 11) is 1.90. The second-order valence-corrected chi connectivity index (χ2v) is 4.70. The lowest BCUT2D eigenvalue weighted by molar-refractivity contribution is 0.141. The zero-order valence-electron chi connectivity index (χ0n) is 11.0. The van der Waals surface area contributed by atoms with Crippen molar-refractivity contribution in [2.24, 2.45) is 0 Å². The third kappa shape index (κ3) is 5.34. The average molecular weight is 274 g/mol. The fraction of sp³-hybridized carbons (Fsp3) is 0.571. The van der Waals surface area contributed by atoms with Crippen molar-refractivity contribution in [3.63, 3.8) is 0 Å². The third-order valence-electron chi connectivity index (χ3n) is 2.94. The lowest BCUT2D eigenvalue weighted by Gasteiger charge is -2.16. The average Bonchev–Trinajstić information content (AvgIpc) is 2.35. The van der Waals surface area contributed by atoms with Gasteiger partial charge in [-0.3, -0.25) is 0 Å². The van der Waals surface area contributed by atoms with Gasteiger partial charge in [0.05, 0.1) is 0 Å². The molecule has 0 amide bonds. The summed E-state index contributed by atoms with van der Waals surface area (Å²) in [6, 6.07) is 5.11. The van der Waals surface area contributed by atoms with Crippen molar-refractivity contribution < 1.29 is 9.13 Å². The van der Waals surface area contributed by atoms with Crippen LogP contribution in [0.4, 0.5) is 4.39 Å². The molecule has 0 saturated carbocycles. The zero-order chi connectivity index (χ0) is 13.4. The molecule has 0 aliphatic carbocycles. The van der Waals surface area contributed by atoms with Crippen LogP contribution in [0.2, 0.25) is 5.02 Å². The van der Waals surface area contributed by atoms with Gasteiger partial charge in [-0.2, -0.15) is 0 Å². The van der Waals surface area contributed by atoms with Crippen LogP contribution in [0.15, 0.2) is 18.2 Å². The summed E-state index contributed by atoms with van der Waals surface area (Å²) in [5.41, 5.74) is 0.704. The molecule has 0 radical (unpaired) electrons. The van der Waals surface area contributed by atoms with Crippen molar-refractivity contribution in [1.82, 2.24) is 5.32 Å². The van der Waals surface area contributed by atoms with Gasteiger partial charge in [0.2, 0.25) is 0 Å². The Bertz CT molecular complexity index is 360. The number of nitrogens with one attached hydrogen (secondary N) is 1. The smallest absolute Gasteiger partial charge is 0.127 e. The minimum atomic E-state index is -0.229. The van der Waals surface area contributed by atoms with Gasteiger partial charge < -0.3 is 10.1 Å². The van der Waals surface area contributed by atoms with Crippen LogP contribution in [-0.2, 0) is 11.2 Å². The van der Waals surface area contributed by atoms with E-state index in [4.69, 9.17) is 16.3 Å². The number of ether oxygens (including phenoxy) is 1. The Morgan fingerprint density at radius 3 is 2.83 bits per heavy atom. The first-order valence-corrected chi connectivity index (χ1v) is 6.74. The van der Waals surface area contributed by atoms with Crippen molar-refractivity contribution >= 4 is 11.6 Å². The molecule has 0 bridgehead atoms. The van der Waals surface area contributed by atoms with E-state index in [2.05, 4.69) is 5.32 Å². The normalized spacial score (nSPS) is 12.7. The molecule has 0 fully saturated rings. The highest BCUT2D eigenvalue weighted by Crippen LogP contribution is 2.17. The number of hydrogen-bond donors (Lipinski definition) is 1. The van der Waals surface area contributed by atoms with E-state index in [9.17, 15) is 4.39 Å². The molecular formula is C14H21ClFNO. The molecule has 1 aromatic carbocycles. The van der Waals surface area contributed by atoms with Crippen molar-refractivity contribution in [3.05, 3.63) is 34.6 Å². The van der Waals surface area contributed by atoms with Gasteiger partial charge in [0.25, 0.3) is 0 Å². The summed E-state index contributed by atoms with van der Waals surface area (Å²) < 4.78 is 19.0. The molecule has 4 heteroatoms. The fourth-order valence-electron chi connectivity index (χ4n) is 1.88. The topological polar surface area (TPSA) is 21.3 Å². The standard InChI is InChI=1S/C14H21ClFNO/c1-3-18-8-4-5-13(17-2)9-11-6-7-12(15)10-14(11)16/h6-7,10,13,17H,3-5,8-9H2,1-2H3. The van der Waals surface area contributed by atoms with E-state index in [-0.39, 0.29) is 11.9 Å². The van der Waals surface area contributed by atoms with Gasteiger partial charge in [-0.15, -0.1) is 0 Å². The second kappa shape index (κ2) is 8.46. The van der Waals surface area contributed by atoms with Crippen LogP contribution < -0.4 is 5.32 Å². The first-order valence-electron chi connectivity index (χ1n) is 6.36. The van der Waals surface area contributed by atoms with Crippen molar-refractivity contribution in [3.8, 4) is 0 Å². The van der Waals surface area contributed by atoms with E-state index >= 15 is 0 Å². The molecule has 0 aliphatic heterocycles. The predicted molar refractivity (Wildman–Crippen MR) is 73.7 cm³/mol. The van der Waals surface area contributed by atoms with E-state index in [1.165, 1.54) is 6.07 Å². The Kier molecular flexibility index (Phi) is 7.25. The van der Waals surface area contributed by atoms with Crippen LogP contribution >= 0.6 is 11.6 Å². The molecule has 0 spiro atoms. The van der Waals surface area contributed by atoms with Crippen molar-refractivity contribution in [2.75, 3.05) is 20.3 Å². The van der Waals surface area contributed by atoms with Gasteiger partial charge in [0, 0.05) is 24.3 Å². The van der Waals surface area contributed by atoms with Crippen LogP contribution in [0.25, 0.3) is 0 Å². The molecule has 0 heterocycles. The molecule has 1 rings (SSSR count). The van der Waals surface area contributed by atoms with Crippen LogP contribution in [0.3, 0.4) is 0 Å². The van der Waals surface area contributed by atoms with Crippen LogP contribution in [0, 0.1) is 5.82 Å². The highest BCUT2D eigenvalue weighted by molar-refractivity contribution is 6.30. The van der Waals surface area contributed by atoms with Crippen molar-refractivity contribution in [2.45, 2.75) is 32.2 Å². The van der Waals surface area contributed by atoms with E-state index < -0.39 is 0 Å². The van der Waals surface area contributed by atoms with E-state index in [0.717, 1.165) is 26.1 Å². The molecule has 0 aromatic heterocycles. The van der Waals surface area contributed by atoms with Crippen molar-refractivity contribution in [1.29, 1.82) is 0 Å². The van der Waals surface area contributed by atoms with Gasteiger partial charge in [-0.05, 0) is 50.9 Å². The van der Waals surface area contributed by atoms with Gasteiger partial charge in [0.1, 0.15) is 5.82 Å². The summed E-state index contributed by atoms with van der Waals surface area (Å²) in [4.78, 5) is 0. The molecule has 102 valence electrons. The molecular weight excluding hydrogens is 253 g/mol.